The number of hydrogen-bond acceptors (Lipinski definition) is 3. The summed E-state index contributed by atoms with van der Waals surface area (Å²) in [6.45, 7) is 0. The second kappa shape index (κ2) is 4.63. The lowest BCUT2D eigenvalue weighted by atomic mass is 10.1. The van der Waals surface area contributed by atoms with Gasteiger partial charge in [-0.1, -0.05) is 23.2 Å². The van der Waals surface area contributed by atoms with Crippen molar-refractivity contribution >= 4 is 33.4 Å². The van der Waals surface area contributed by atoms with Gasteiger partial charge in [-0.25, -0.2) is 5.14 Å². The van der Waals surface area contributed by atoms with Gasteiger partial charge in [-0.15, -0.1) is 0 Å². The number of benzene rings is 1. The molecule has 1 aromatic rings. The number of nitrogens with two attached hydrogens (primary N) is 1. The molecule has 1 aliphatic carbocycles. The minimum absolute atomic E-state index is 0.274. The molecule has 5 nitrogen and oxygen atoms in total. The lowest BCUT2D eigenvalue weighted by Gasteiger charge is -2.25. The molecule has 3 N–H and O–H groups in total. The van der Waals surface area contributed by atoms with Gasteiger partial charge in [0, 0.05) is 23.5 Å². The van der Waals surface area contributed by atoms with Crippen LogP contribution >= 0.6 is 23.2 Å². The normalized spacial score (nSPS) is 23.4. The van der Waals surface area contributed by atoms with Gasteiger partial charge >= 0.3 is 0 Å². The monoisotopic (exact) mass is 310 g/mol. The molecule has 0 radical (unpaired) electrons. The summed E-state index contributed by atoms with van der Waals surface area (Å²) in [5, 5.41) is 15.9. The first-order valence-corrected chi connectivity index (χ1v) is 7.39. The molecule has 2 rings (SSSR count). The van der Waals surface area contributed by atoms with Crippen LogP contribution in [-0.2, 0) is 16.6 Å². The van der Waals surface area contributed by atoms with Gasteiger partial charge in [0.1, 0.15) is 0 Å². The summed E-state index contributed by atoms with van der Waals surface area (Å²) in [7, 11) is -2.59. The Hall–Kier alpha value is -0.370. The van der Waals surface area contributed by atoms with E-state index in [1.165, 1.54) is 7.05 Å². The number of nitrogens with zero attached hydrogens (tertiary/aromatic N) is 1. The molecule has 2 atom stereocenters. The van der Waals surface area contributed by atoms with E-state index < -0.39 is 22.4 Å². The molecule has 18 heavy (non-hydrogen) atoms. The zero-order valence-electron chi connectivity index (χ0n) is 9.47. The van der Waals surface area contributed by atoms with Crippen molar-refractivity contribution in [2.45, 2.75) is 18.6 Å². The lowest BCUT2D eigenvalue weighted by molar-refractivity contribution is 0.113. The summed E-state index contributed by atoms with van der Waals surface area (Å²) < 4.78 is 23.7. The van der Waals surface area contributed by atoms with Crippen LogP contribution in [-0.4, -0.2) is 31.0 Å². The molecular formula is C10H12Cl2N2O3S. The highest BCUT2D eigenvalue weighted by molar-refractivity contribution is 7.86. The number of aliphatic hydroxyl groups is 1. The molecule has 0 heterocycles. The van der Waals surface area contributed by atoms with Crippen LogP contribution < -0.4 is 5.14 Å². The third-order valence-electron chi connectivity index (χ3n) is 3.08. The molecule has 0 amide bonds. The van der Waals surface area contributed by atoms with Crippen molar-refractivity contribution in [3.63, 3.8) is 0 Å². The average molecular weight is 311 g/mol. The van der Waals surface area contributed by atoms with Crippen molar-refractivity contribution in [1.82, 2.24) is 4.31 Å². The van der Waals surface area contributed by atoms with Gasteiger partial charge in [0.05, 0.1) is 12.1 Å². The summed E-state index contributed by atoms with van der Waals surface area (Å²) in [6.07, 6.45) is -0.616. The van der Waals surface area contributed by atoms with Gasteiger partial charge < -0.3 is 5.11 Å². The molecule has 8 heteroatoms. The fourth-order valence-electron chi connectivity index (χ4n) is 2.23. The van der Waals surface area contributed by atoms with Crippen molar-refractivity contribution in [2.24, 2.45) is 5.14 Å². The van der Waals surface area contributed by atoms with E-state index in [4.69, 9.17) is 28.3 Å². The SMILES string of the molecule is CN([C@H]1c2cc(Cl)cc(Cl)c2C[C@H]1O)S(N)(=O)=O. The van der Waals surface area contributed by atoms with Crippen LogP contribution in [0.4, 0.5) is 0 Å². The van der Waals surface area contributed by atoms with Crippen LogP contribution in [0.3, 0.4) is 0 Å². The van der Waals surface area contributed by atoms with Crippen LogP contribution in [0.1, 0.15) is 17.2 Å². The number of rotatable bonds is 2. The highest BCUT2D eigenvalue weighted by Gasteiger charge is 2.39. The van der Waals surface area contributed by atoms with E-state index in [1.54, 1.807) is 12.1 Å². The standard InChI is InChI=1S/C10H12Cl2N2O3S/c1-14(18(13,16)17)10-7-2-5(11)3-8(12)6(7)4-9(10)15/h2-3,9-10,15H,4H2,1H3,(H2,13,16,17)/t9-,10+/m1/s1. The first-order valence-electron chi connectivity index (χ1n) is 5.13. The van der Waals surface area contributed by atoms with E-state index in [1.807, 2.05) is 0 Å². The summed E-state index contributed by atoms with van der Waals surface area (Å²) in [5.74, 6) is 0. The van der Waals surface area contributed by atoms with Gasteiger partial charge in [-0.05, 0) is 23.3 Å². The van der Waals surface area contributed by atoms with Crippen molar-refractivity contribution in [3.8, 4) is 0 Å². The maximum absolute atomic E-state index is 11.4. The smallest absolute Gasteiger partial charge is 0.277 e. The molecule has 0 aliphatic heterocycles. The Morgan fingerprint density at radius 3 is 2.61 bits per heavy atom. The predicted molar refractivity (Wildman–Crippen MR) is 69.8 cm³/mol. The first kappa shape index (κ1) is 14.0. The average Bonchev–Trinajstić information content (AvgIpc) is 2.52. The third-order valence-corrected chi connectivity index (χ3v) is 4.67. The maximum Gasteiger partial charge on any atom is 0.277 e. The second-order valence-electron chi connectivity index (χ2n) is 4.23. The van der Waals surface area contributed by atoms with E-state index >= 15 is 0 Å². The molecule has 0 saturated heterocycles. The zero-order valence-corrected chi connectivity index (χ0v) is 11.8. The fraction of sp³-hybridized carbons (Fsp3) is 0.400. The van der Waals surface area contributed by atoms with Crippen molar-refractivity contribution in [2.75, 3.05) is 7.05 Å². The lowest BCUT2D eigenvalue weighted by Crippen LogP contribution is -2.39. The quantitative estimate of drug-likeness (QED) is 0.857. The Morgan fingerprint density at radius 2 is 2.06 bits per heavy atom. The highest BCUT2D eigenvalue weighted by atomic mass is 35.5. The van der Waals surface area contributed by atoms with Crippen LogP contribution in [0, 0.1) is 0 Å². The number of hydrogen-bond donors (Lipinski definition) is 2. The number of fused-ring (bicyclic) bond motifs is 1. The molecule has 1 aromatic carbocycles. The van der Waals surface area contributed by atoms with E-state index in [0.29, 0.717) is 21.2 Å². The Labute approximate surface area is 115 Å². The minimum atomic E-state index is -3.90. The van der Waals surface area contributed by atoms with Crippen LogP contribution in [0.15, 0.2) is 12.1 Å². The van der Waals surface area contributed by atoms with Gasteiger partial charge in [-0.2, -0.15) is 12.7 Å². The van der Waals surface area contributed by atoms with E-state index in [2.05, 4.69) is 0 Å². The summed E-state index contributed by atoms with van der Waals surface area (Å²) in [6, 6.07) is 2.41. The number of likely N-dealkylation sites (N-methyl/N-ethyl adjacent to an activating group) is 1. The topological polar surface area (TPSA) is 83.6 Å². The van der Waals surface area contributed by atoms with Gasteiger partial charge in [0.25, 0.3) is 10.2 Å². The van der Waals surface area contributed by atoms with Crippen LogP contribution in [0.5, 0.6) is 0 Å². The second-order valence-corrected chi connectivity index (χ2v) is 6.68. The maximum atomic E-state index is 11.4. The van der Waals surface area contributed by atoms with E-state index in [-0.39, 0.29) is 6.42 Å². The summed E-state index contributed by atoms with van der Waals surface area (Å²) >= 11 is 11.9. The van der Waals surface area contributed by atoms with Crippen molar-refractivity contribution in [1.29, 1.82) is 0 Å². The third kappa shape index (κ3) is 2.36. The molecule has 1 aliphatic rings. The van der Waals surface area contributed by atoms with Crippen molar-refractivity contribution < 1.29 is 13.5 Å². The molecule has 0 fully saturated rings. The van der Waals surface area contributed by atoms with Crippen molar-refractivity contribution in [3.05, 3.63) is 33.3 Å². The van der Waals surface area contributed by atoms with Crippen LogP contribution in [0.25, 0.3) is 0 Å². The Bertz CT molecular complexity index is 591. The first-order chi connectivity index (χ1) is 8.21. The Morgan fingerprint density at radius 1 is 1.44 bits per heavy atom. The fourth-order valence-corrected chi connectivity index (χ4v) is 3.38. The largest absolute Gasteiger partial charge is 0.391 e. The number of halogens is 2. The Balaban J connectivity index is 2.55. The molecule has 100 valence electrons. The van der Waals surface area contributed by atoms with Gasteiger partial charge in [-0.3, -0.25) is 0 Å². The minimum Gasteiger partial charge on any atom is -0.391 e. The molecular weight excluding hydrogens is 299 g/mol. The zero-order chi connectivity index (χ0) is 13.7. The van der Waals surface area contributed by atoms with Gasteiger partial charge in [0.2, 0.25) is 0 Å². The Kier molecular flexibility index (Phi) is 3.61. The molecule has 0 aromatic heterocycles. The molecule has 0 saturated carbocycles. The summed E-state index contributed by atoms with van der Waals surface area (Å²) in [4.78, 5) is 0. The predicted octanol–water partition coefficient (Wildman–Crippen LogP) is 1.09. The summed E-state index contributed by atoms with van der Waals surface area (Å²) in [5.41, 5.74) is 1.30. The van der Waals surface area contributed by atoms with Gasteiger partial charge in [0.15, 0.2) is 0 Å². The molecule has 0 bridgehead atoms. The van der Waals surface area contributed by atoms with E-state index in [9.17, 15) is 13.5 Å². The molecule has 0 spiro atoms. The van der Waals surface area contributed by atoms with Crippen LogP contribution in [0.2, 0.25) is 10.0 Å². The van der Waals surface area contributed by atoms with E-state index in [0.717, 1.165) is 4.31 Å². The highest BCUT2D eigenvalue weighted by Crippen LogP contribution is 2.41. The number of aliphatic hydroxyl groups excluding tert-OH is 1. The molecule has 0 unspecified atom stereocenters.